The predicted molar refractivity (Wildman–Crippen MR) is 84.4 cm³/mol. The van der Waals surface area contributed by atoms with Crippen LogP contribution in [0.25, 0.3) is 10.9 Å². The van der Waals surface area contributed by atoms with Gasteiger partial charge in [-0.1, -0.05) is 42.5 Å². The third-order valence-corrected chi connectivity index (χ3v) is 5.53. The Kier molecular flexibility index (Phi) is 4.14. The Bertz CT molecular complexity index is 710. The molecule has 1 aliphatic carbocycles. The smallest absolute Gasteiger partial charge is 0.156 e. The average Bonchev–Trinajstić information content (AvgIpc) is 2.87. The molecule has 1 aromatic carbocycles. The predicted octanol–water partition coefficient (Wildman–Crippen LogP) is 3.47. The molecule has 3 rings (SSSR count). The minimum absolute atomic E-state index is 0.586. The highest BCUT2D eigenvalue weighted by Crippen LogP contribution is 2.25. The summed E-state index contributed by atoms with van der Waals surface area (Å²) < 4.78 is 21.8. The molecule has 1 atom stereocenters. The molecule has 1 aliphatic rings. The van der Waals surface area contributed by atoms with E-state index in [2.05, 4.69) is 23.2 Å². The van der Waals surface area contributed by atoms with Gasteiger partial charge in [-0.25, -0.2) is 8.42 Å². The van der Waals surface area contributed by atoms with Gasteiger partial charge in [0.05, 0.1) is 4.75 Å². The van der Waals surface area contributed by atoms with Gasteiger partial charge in [0, 0.05) is 18.0 Å². The highest BCUT2D eigenvalue weighted by atomic mass is 32.2. The Balaban J connectivity index is 0.000000149. The van der Waals surface area contributed by atoms with Crippen LogP contribution in [-0.4, -0.2) is 24.4 Å². The number of allylic oxidation sites excluding steroid dienone is 3. The summed E-state index contributed by atoms with van der Waals surface area (Å²) in [7, 11) is -2.96. The Morgan fingerprint density at radius 2 is 1.90 bits per heavy atom. The number of H-pyrrole nitrogens is 1. The van der Waals surface area contributed by atoms with E-state index in [1.54, 1.807) is 19.1 Å². The zero-order chi connectivity index (χ0) is 14.6. The van der Waals surface area contributed by atoms with E-state index in [9.17, 15) is 8.42 Å². The van der Waals surface area contributed by atoms with Crippen LogP contribution in [0, 0.1) is 0 Å². The number of hydrogen-bond acceptors (Lipinski definition) is 2. The second kappa shape index (κ2) is 5.67. The zero-order valence-corrected chi connectivity index (χ0v) is 12.5. The number of rotatable bonds is 1. The average molecular weight is 289 g/mol. The second-order valence-corrected chi connectivity index (χ2v) is 7.62. The molecular formula is C16H19NO2S. The van der Waals surface area contributed by atoms with Crippen LogP contribution in [0.5, 0.6) is 0 Å². The first kappa shape index (κ1) is 14.6. The van der Waals surface area contributed by atoms with Crippen molar-refractivity contribution in [1.82, 2.24) is 4.98 Å². The van der Waals surface area contributed by atoms with Gasteiger partial charge in [0.1, 0.15) is 0 Å². The van der Waals surface area contributed by atoms with Crippen molar-refractivity contribution in [2.45, 2.75) is 18.1 Å². The highest BCUT2D eigenvalue weighted by Gasteiger charge is 2.32. The van der Waals surface area contributed by atoms with Crippen LogP contribution in [0.1, 0.15) is 13.3 Å². The molecule has 1 aromatic heterocycles. The fraction of sp³-hybridized carbons (Fsp3) is 0.250. The molecule has 1 N–H and O–H groups in total. The van der Waals surface area contributed by atoms with E-state index in [-0.39, 0.29) is 0 Å². The van der Waals surface area contributed by atoms with Gasteiger partial charge in [0.2, 0.25) is 0 Å². The molecule has 20 heavy (non-hydrogen) atoms. The number of hydrogen-bond donors (Lipinski definition) is 1. The number of sulfone groups is 1. The van der Waals surface area contributed by atoms with Crippen LogP contribution < -0.4 is 0 Å². The molecule has 0 radical (unpaired) electrons. The maximum Gasteiger partial charge on any atom is 0.156 e. The number of benzene rings is 1. The standard InChI is InChI=1S/C8H7N.C8H12O2S/c1-2-4-8-7(3-1)5-6-9-8;1-8(11(2,9)10)6-4-3-5-7-8/h1-6,9H;3-6H,7H2,1-2H3. The Hall–Kier alpha value is -1.81. The topological polar surface area (TPSA) is 49.9 Å². The summed E-state index contributed by atoms with van der Waals surface area (Å²) in [6.07, 6.45) is 11.1. The van der Waals surface area contributed by atoms with E-state index in [1.165, 1.54) is 17.2 Å². The molecule has 1 heterocycles. The van der Waals surface area contributed by atoms with Crippen molar-refractivity contribution in [1.29, 1.82) is 0 Å². The maximum absolute atomic E-state index is 11.2. The zero-order valence-electron chi connectivity index (χ0n) is 11.7. The first-order valence-corrected chi connectivity index (χ1v) is 8.38. The van der Waals surface area contributed by atoms with Crippen LogP contribution in [0.3, 0.4) is 0 Å². The molecule has 0 aliphatic heterocycles. The number of aromatic amines is 1. The Labute approximate surface area is 119 Å². The molecule has 0 saturated carbocycles. The summed E-state index contributed by atoms with van der Waals surface area (Å²) in [5, 5.41) is 1.28. The summed E-state index contributed by atoms with van der Waals surface area (Å²) in [6, 6.07) is 10.3. The monoisotopic (exact) mass is 289 g/mol. The molecular weight excluding hydrogens is 270 g/mol. The summed E-state index contributed by atoms with van der Waals surface area (Å²) in [5.41, 5.74) is 1.21. The van der Waals surface area contributed by atoms with Crippen LogP contribution in [0.2, 0.25) is 0 Å². The van der Waals surface area contributed by atoms with E-state index in [0.29, 0.717) is 6.42 Å². The van der Waals surface area contributed by atoms with Gasteiger partial charge in [-0.2, -0.15) is 0 Å². The van der Waals surface area contributed by atoms with Gasteiger partial charge in [0.15, 0.2) is 9.84 Å². The minimum atomic E-state index is -2.96. The number of aromatic nitrogens is 1. The van der Waals surface area contributed by atoms with Crippen LogP contribution in [0.15, 0.2) is 60.8 Å². The molecule has 0 fully saturated rings. The van der Waals surface area contributed by atoms with Crippen molar-refractivity contribution in [3.8, 4) is 0 Å². The lowest BCUT2D eigenvalue weighted by Gasteiger charge is -2.23. The van der Waals surface area contributed by atoms with Crippen molar-refractivity contribution in [2.75, 3.05) is 6.26 Å². The van der Waals surface area contributed by atoms with Gasteiger partial charge in [-0.05, 0) is 30.9 Å². The van der Waals surface area contributed by atoms with E-state index >= 15 is 0 Å². The van der Waals surface area contributed by atoms with E-state index < -0.39 is 14.6 Å². The van der Waals surface area contributed by atoms with E-state index in [4.69, 9.17) is 0 Å². The molecule has 4 heteroatoms. The minimum Gasteiger partial charge on any atom is -0.361 e. The van der Waals surface area contributed by atoms with Gasteiger partial charge in [0.25, 0.3) is 0 Å². The lowest BCUT2D eigenvalue weighted by Crippen LogP contribution is -2.32. The van der Waals surface area contributed by atoms with Crippen molar-refractivity contribution in [3.05, 3.63) is 60.8 Å². The fourth-order valence-corrected chi connectivity index (χ4v) is 2.70. The summed E-state index contributed by atoms with van der Waals surface area (Å²) in [5.74, 6) is 0. The normalized spacial score (nSPS) is 21.5. The quantitative estimate of drug-likeness (QED) is 0.874. The maximum atomic E-state index is 11.2. The first-order valence-electron chi connectivity index (χ1n) is 6.48. The van der Waals surface area contributed by atoms with Crippen molar-refractivity contribution in [3.63, 3.8) is 0 Å². The molecule has 3 nitrogen and oxygen atoms in total. The van der Waals surface area contributed by atoms with Crippen LogP contribution >= 0.6 is 0 Å². The SMILES string of the molecule is CC1(S(C)(=O)=O)C=CC=CC1.c1ccc2[nH]ccc2c1. The molecule has 2 aromatic rings. The summed E-state index contributed by atoms with van der Waals surface area (Å²) >= 11 is 0. The summed E-state index contributed by atoms with van der Waals surface area (Å²) in [4.78, 5) is 3.12. The first-order chi connectivity index (χ1) is 9.42. The van der Waals surface area contributed by atoms with Gasteiger partial charge >= 0.3 is 0 Å². The van der Waals surface area contributed by atoms with Crippen molar-refractivity contribution < 1.29 is 8.42 Å². The largest absolute Gasteiger partial charge is 0.361 e. The van der Waals surface area contributed by atoms with E-state index in [0.717, 1.165) is 0 Å². The number of nitrogens with one attached hydrogen (secondary N) is 1. The summed E-state index contributed by atoms with van der Waals surface area (Å²) in [6.45, 7) is 1.74. The Morgan fingerprint density at radius 3 is 2.45 bits per heavy atom. The van der Waals surface area contributed by atoms with E-state index in [1.807, 2.05) is 30.5 Å². The van der Waals surface area contributed by atoms with Gasteiger partial charge in [-0.3, -0.25) is 0 Å². The Morgan fingerprint density at radius 1 is 1.15 bits per heavy atom. The molecule has 0 saturated heterocycles. The van der Waals surface area contributed by atoms with Crippen LogP contribution in [0.4, 0.5) is 0 Å². The molecule has 0 amide bonds. The van der Waals surface area contributed by atoms with Gasteiger partial charge in [-0.15, -0.1) is 0 Å². The highest BCUT2D eigenvalue weighted by molar-refractivity contribution is 7.92. The van der Waals surface area contributed by atoms with Crippen molar-refractivity contribution >= 4 is 20.7 Å². The van der Waals surface area contributed by atoms with Crippen molar-refractivity contribution in [2.24, 2.45) is 0 Å². The molecule has 1 unspecified atom stereocenters. The van der Waals surface area contributed by atoms with Gasteiger partial charge < -0.3 is 4.98 Å². The molecule has 0 spiro atoms. The second-order valence-electron chi connectivity index (χ2n) is 5.14. The number of para-hydroxylation sites is 1. The molecule has 0 bridgehead atoms. The number of fused-ring (bicyclic) bond motifs is 1. The third-order valence-electron chi connectivity index (χ3n) is 3.53. The lowest BCUT2D eigenvalue weighted by atomic mass is 10.0. The van der Waals surface area contributed by atoms with Crippen LogP contribution in [-0.2, 0) is 9.84 Å². The third kappa shape index (κ3) is 3.20. The lowest BCUT2D eigenvalue weighted by molar-refractivity contribution is 0.569. The molecule has 106 valence electrons. The fourth-order valence-electron chi connectivity index (χ4n) is 1.98.